The molecule has 7 heteroatoms. The molecule has 1 aliphatic rings. The standard InChI is InChI=1S/C21H25BFNO4/c1-21(20(25)26)15(6-4-8-22(27)28)9-14-10-19(23)17(11-18(14)21)16-7-3-2-5-13(16)12-24/h2-3,5,7,10-11,15,27-28H,4,6,8-9,12,24H2,1H3,(H,25,26)/t15-,21-/m0/s1. The third-order valence-electron chi connectivity index (χ3n) is 6.02. The maximum Gasteiger partial charge on any atom is 0.451 e. The fourth-order valence-corrected chi connectivity index (χ4v) is 4.35. The van der Waals surface area contributed by atoms with Crippen molar-refractivity contribution in [1.82, 2.24) is 0 Å². The molecule has 0 saturated heterocycles. The molecule has 0 aromatic heterocycles. The Bertz CT molecular complexity index is 889. The molecule has 5 nitrogen and oxygen atoms in total. The van der Waals surface area contributed by atoms with Gasteiger partial charge in [-0.25, -0.2) is 4.39 Å². The van der Waals surface area contributed by atoms with Gasteiger partial charge < -0.3 is 20.9 Å². The zero-order chi connectivity index (χ0) is 20.5. The largest absolute Gasteiger partial charge is 0.481 e. The van der Waals surface area contributed by atoms with E-state index in [4.69, 9.17) is 15.8 Å². The highest BCUT2D eigenvalue weighted by molar-refractivity contribution is 6.40. The average Bonchev–Trinajstić information content (AvgIpc) is 2.93. The van der Waals surface area contributed by atoms with Crippen LogP contribution in [-0.2, 0) is 23.2 Å². The smallest absolute Gasteiger partial charge is 0.451 e. The molecule has 0 aliphatic heterocycles. The van der Waals surface area contributed by atoms with E-state index in [2.05, 4.69) is 0 Å². The molecule has 3 rings (SSSR count). The highest BCUT2D eigenvalue weighted by atomic mass is 19.1. The van der Waals surface area contributed by atoms with Gasteiger partial charge in [-0.2, -0.15) is 0 Å². The van der Waals surface area contributed by atoms with Gasteiger partial charge in [-0.05, 0) is 66.4 Å². The van der Waals surface area contributed by atoms with Gasteiger partial charge in [0.05, 0.1) is 5.41 Å². The quantitative estimate of drug-likeness (QED) is 0.549. The summed E-state index contributed by atoms with van der Waals surface area (Å²) in [7, 11) is -1.41. The second kappa shape index (κ2) is 8.03. The van der Waals surface area contributed by atoms with Gasteiger partial charge in [0.2, 0.25) is 0 Å². The zero-order valence-electron chi connectivity index (χ0n) is 15.9. The lowest BCUT2D eigenvalue weighted by atomic mass is 9.72. The third kappa shape index (κ3) is 3.57. The predicted molar refractivity (Wildman–Crippen MR) is 106 cm³/mol. The van der Waals surface area contributed by atoms with E-state index in [9.17, 15) is 14.3 Å². The van der Waals surface area contributed by atoms with E-state index in [1.54, 1.807) is 25.1 Å². The number of carboxylic acid groups (broad SMARTS) is 1. The summed E-state index contributed by atoms with van der Waals surface area (Å²) in [4.78, 5) is 12.2. The Balaban J connectivity index is 2.04. The maximum absolute atomic E-state index is 14.9. The van der Waals surface area contributed by atoms with Gasteiger partial charge in [-0.3, -0.25) is 4.79 Å². The number of fused-ring (bicyclic) bond motifs is 1. The van der Waals surface area contributed by atoms with E-state index in [-0.39, 0.29) is 24.6 Å². The molecule has 0 bridgehead atoms. The molecule has 2 aromatic carbocycles. The Labute approximate surface area is 164 Å². The molecule has 0 radical (unpaired) electrons. The Kier molecular flexibility index (Phi) is 5.88. The van der Waals surface area contributed by atoms with E-state index in [1.807, 2.05) is 12.1 Å². The molecular weight excluding hydrogens is 360 g/mol. The number of rotatable bonds is 7. The average molecular weight is 385 g/mol. The van der Waals surface area contributed by atoms with Crippen LogP contribution in [0.15, 0.2) is 36.4 Å². The first-order chi connectivity index (χ1) is 13.3. The van der Waals surface area contributed by atoms with Crippen molar-refractivity contribution in [2.75, 3.05) is 0 Å². The molecular formula is C21H25BFNO4. The molecule has 5 N–H and O–H groups in total. The molecule has 0 saturated carbocycles. The molecule has 28 heavy (non-hydrogen) atoms. The van der Waals surface area contributed by atoms with Crippen molar-refractivity contribution in [1.29, 1.82) is 0 Å². The van der Waals surface area contributed by atoms with Gasteiger partial charge in [-0.1, -0.05) is 30.7 Å². The van der Waals surface area contributed by atoms with E-state index < -0.39 is 18.5 Å². The fraction of sp³-hybridized carbons (Fsp3) is 0.381. The summed E-state index contributed by atoms with van der Waals surface area (Å²) in [6, 6.07) is 10.4. The van der Waals surface area contributed by atoms with Gasteiger partial charge >= 0.3 is 13.1 Å². The van der Waals surface area contributed by atoms with Crippen molar-refractivity contribution < 1.29 is 24.3 Å². The predicted octanol–water partition coefficient (Wildman–Crippen LogP) is 2.72. The van der Waals surface area contributed by atoms with E-state index >= 15 is 0 Å². The summed E-state index contributed by atoms with van der Waals surface area (Å²) in [6.45, 7) is 1.94. The molecule has 2 atom stereocenters. The van der Waals surface area contributed by atoms with Crippen LogP contribution >= 0.6 is 0 Å². The van der Waals surface area contributed by atoms with Gasteiger partial charge in [0.15, 0.2) is 0 Å². The zero-order valence-corrected chi connectivity index (χ0v) is 15.9. The molecule has 0 amide bonds. The van der Waals surface area contributed by atoms with Crippen molar-refractivity contribution in [2.45, 2.75) is 44.5 Å². The Morgan fingerprint density at radius 1 is 1.29 bits per heavy atom. The van der Waals surface area contributed by atoms with Crippen LogP contribution in [0.2, 0.25) is 6.32 Å². The molecule has 0 unspecified atom stereocenters. The van der Waals surface area contributed by atoms with E-state index in [0.717, 1.165) is 5.56 Å². The van der Waals surface area contributed by atoms with Crippen LogP contribution in [0.5, 0.6) is 0 Å². The van der Waals surface area contributed by atoms with Crippen molar-refractivity contribution >= 4 is 13.1 Å². The highest BCUT2D eigenvalue weighted by Crippen LogP contribution is 2.47. The second-order valence-electron chi connectivity index (χ2n) is 7.67. The molecule has 0 spiro atoms. The van der Waals surface area contributed by atoms with Gasteiger partial charge in [0.25, 0.3) is 0 Å². The molecule has 148 valence electrons. The summed E-state index contributed by atoms with van der Waals surface area (Å²) >= 11 is 0. The van der Waals surface area contributed by atoms with Gasteiger partial charge in [0, 0.05) is 12.1 Å². The van der Waals surface area contributed by atoms with Crippen molar-refractivity contribution in [3.8, 4) is 11.1 Å². The Morgan fingerprint density at radius 2 is 2.00 bits per heavy atom. The molecule has 0 heterocycles. The number of nitrogens with two attached hydrogens (primary N) is 1. The number of halogens is 1. The summed E-state index contributed by atoms with van der Waals surface area (Å²) in [5.74, 6) is -1.58. The van der Waals surface area contributed by atoms with Gasteiger partial charge in [-0.15, -0.1) is 0 Å². The highest BCUT2D eigenvalue weighted by Gasteiger charge is 2.49. The van der Waals surface area contributed by atoms with E-state index in [1.165, 1.54) is 6.07 Å². The minimum Gasteiger partial charge on any atom is -0.481 e. The first-order valence-corrected chi connectivity index (χ1v) is 9.49. The summed E-state index contributed by atoms with van der Waals surface area (Å²) < 4.78 is 14.9. The lowest BCUT2D eigenvalue weighted by Gasteiger charge is -2.28. The first kappa shape index (κ1) is 20.5. The van der Waals surface area contributed by atoms with Crippen molar-refractivity contribution in [2.24, 2.45) is 11.7 Å². The van der Waals surface area contributed by atoms with Crippen LogP contribution < -0.4 is 5.73 Å². The van der Waals surface area contributed by atoms with Crippen molar-refractivity contribution in [3.63, 3.8) is 0 Å². The topological polar surface area (TPSA) is 104 Å². The van der Waals surface area contributed by atoms with Crippen LogP contribution in [-0.4, -0.2) is 28.2 Å². The summed E-state index contributed by atoms with van der Waals surface area (Å²) in [6.07, 6.45) is 1.65. The normalized spacial score (nSPS) is 20.8. The van der Waals surface area contributed by atoms with Crippen LogP contribution in [0, 0.1) is 11.7 Å². The molecule has 0 fully saturated rings. The minimum absolute atomic E-state index is 0.187. The number of hydrogen-bond acceptors (Lipinski definition) is 4. The maximum atomic E-state index is 14.9. The minimum atomic E-state index is -1.41. The lowest BCUT2D eigenvalue weighted by Crippen LogP contribution is -2.37. The first-order valence-electron chi connectivity index (χ1n) is 9.49. The number of carboxylic acids is 1. The van der Waals surface area contributed by atoms with Crippen LogP contribution in [0.1, 0.15) is 36.5 Å². The lowest BCUT2D eigenvalue weighted by molar-refractivity contribution is -0.145. The second-order valence-corrected chi connectivity index (χ2v) is 7.67. The summed E-state index contributed by atoms with van der Waals surface area (Å²) in [5, 5.41) is 28.2. The van der Waals surface area contributed by atoms with Gasteiger partial charge in [0.1, 0.15) is 5.82 Å². The molecule has 1 aliphatic carbocycles. The number of benzene rings is 2. The molecule has 2 aromatic rings. The van der Waals surface area contributed by atoms with Crippen LogP contribution in [0.3, 0.4) is 0 Å². The monoisotopic (exact) mass is 385 g/mol. The summed E-state index contributed by atoms with van der Waals surface area (Å²) in [5.41, 5.74) is 7.79. The van der Waals surface area contributed by atoms with Crippen LogP contribution in [0.25, 0.3) is 11.1 Å². The Hall–Kier alpha value is -2.22. The SMILES string of the molecule is C[C@@]1(C(=O)O)c2cc(-c3ccccc3CN)c(F)cc2C[C@@H]1CCCB(O)O. The van der Waals surface area contributed by atoms with Crippen LogP contribution in [0.4, 0.5) is 4.39 Å². The number of carbonyl (C=O) groups is 1. The number of aliphatic carboxylic acids is 1. The fourth-order valence-electron chi connectivity index (χ4n) is 4.35. The third-order valence-corrected chi connectivity index (χ3v) is 6.02. The van der Waals surface area contributed by atoms with E-state index in [0.29, 0.717) is 41.5 Å². The van der Waals surface area contributed by atoms with Crippen molar-refractivity contribution in [3.05, 3.63) is 58.9 Å². The number of hydrogen-bond donors (Lipinski definition) is 4. The Morgan fingerprint density at radius 3 is 2.64 bits per heavy atom.